The van der Waals surface area contributed by atoms with Crippen LogP contribution in [0.5, 0.6) is 0 Å². The number of hydrogen-bond donors (Lipinski definition) is 1. The van der Waals surface area contributed by atoms with Gasteiger partial charge in [0.05, 0.1) is 22.4 Å². The summed E-state index contributed by atoms with van der Waals surface area (Å²) in [4.78, 5) is 0. The maximum atomic E-state index is 12.9. The van der Waals surface area contributed by atoms with Gasteiger partial charge in [0.15, 0.2) is 0 Å². The maximum Gasteiger partial charge on any atom is 0.418 e. The van der Waals surface area contributed by atoms with Crippen LogP contribution < -0.4 is 5.43 Å². The summed E-state index contributed by atoms with van der Waals surface area (Å²) >= 11 is 0. The summed E-state index contributed by atoms with van der Waals surface area (Å²) in [6, 6.07) is 1.04. The topological polar surface area (TPSA) is 72.0 Å². The van der Waals surface area contributed by atoms with Gasteiger partial charge in [-0.2, -0.15) is 55.1 Å². The van der Waals surface area contributed by atoms with Gasteiger partial charge in [0.1, 0.15) is 12.1 Å². The average Bonchev–Trinajstić information content (AvgIpc) is 2.44. The normalized spacial score (nSPS) is 12.1. The Kier molecular flexibility index (Phi) is 5.23. The van der Waals surface area contributed by atoms with E-state index < -0.39 is 58.8 Å². The smallest absolute Gasteiger partial charge is 0.275 e. The standard InChI is InChI=1S/C12H3F9N4/c13-10(14,15)5-1-7(11(16,17)18)9(8(2-5)12(19,20)21)25-24-6(3-22)4-23/h1-2,25H. The zero-order valence-corrected chi connectivity index (χ0v) is 11.4. The molecular weight excluding hydrogens is 371 g/mol. The Morgan fingerprint density at radius 1 is 0.800 bits per heavy atom. The first-order valence-corrected chi connectivity index (χ1v) is 5.75. The van der Waals surface area contributed by atoms with Crippen molar-refractivity contribution < 1.29 is 39.5 Å². The van der Waals surface area contributed by atoms with Crippen LogP contribution in [0.2, 0.25) is 0 Å². The minimum absolute atomic E-state index is 0.536. The second kappa shape index (κ2) is 6.51. The highest BCUT2D eigenvalue weighted by atomic mass is 19.4. The van der Waals surface area contributed by atoms with Crippen molar-refractivity contribution in [3.05, 3.63) is 28.8 Å². The second-order valence-electron chi connectivity index (χ2n) is 4.24. The number of anilines is 1. The number of nitriles is 2. The molecule has 0 heterocycles. The Morgan fingerprint density at radius 2 is 1.20 bits per heavy atom. The Hall–Kier alpha value is -2.96. The molecule has 0 amide bonds. The summed E-state index contributed by atoms with van der Waals surface area (Å²) in [7, 11) is 0. The van der Waals surface area contributed by atoms with Crippen molar-refractivity contribution in [2.75, 3.05) is 5.43 Å². The van der Waals surface area contributed by atoms with Gasteiger partial charge in [-0.3, -0.25) is 5.43 Å². The van der Waals surface area contributed by atoms with Gasteiger partial charge in [0, 0.05) is 0 Å². The molecule has 1 N–H and O–H groups in total. The Morgan fingerprint density at radius 3 is 1.48 bits per heavy atom. The van der Waals surface area contributed by atoms with Crippen LogP contribution >= 0.6 is 0 Å². The third kappa shape index (κ3) is 4.76. The van der Waals surface area contributed by atoms with E-state index in [-0.39, 0.29) is 0 Å². The highest BCUT2D eigenvalue weighted by Crippen LogP contribution is 2.46. The van der Waals surface area contributed by atoms with Gasteiger partial charge in [-0.05, 0) is 12.1 Å². The molecule has 0 aliphatic rings. The van der Waals surface area contributed by atoms with Gasteiger partial charge in [0.25, 0.3) is 0 Å². The second-order valence-corrected chi connectivity index (χ2v) is 4.24. The lowest BCUT2D eigenvalue weighted by atomic mass is 10.0. The average molecular weight is 374 g/mol. The molecule has 1 aromatic rings. The fourth-order valence-corrected chi connectivity index (χ4v) is 1.56. The Balaban J connectivity index is 3.81. The van der Waals surface area contributed by atoms with Crippen molar-refractivity contribution in [1.29, 1.82) is 10.5 Å². The molecule has 1 rings (SSSR count). The largest absolute Gasteiger partial charge is 0.418 e. The van der Waals surface area contributed by atoms with Crippen molar-refractivity contribution in [2.24, 2.45) is 5.10 Å². The zero-order chi connectivity index (χ0) is 19.6. The molecule has 0 atom stereocenters. The molecule has 25 heavy (non-hydrogen) atoms. The summed E-state index contributed by atoms with van der Waals surface area (Å²) in [6.45, 7) is 0. The molecule has 0 bridgehead atoms. The summed E-state index contributed by atoms with van der Waals surface area (Å²) in [5.74, 6) is 0. The van der Waals surface area contributed by atoms with Crippen molar-refractivity contribution in [3.8, 4) is 12.1 Å². The molecule has 0 unspecified atom stereocenters. The van der Waals surface area contributed by atoms with Crippen LogP contribution in [-0.4, -0.2) is 5.71 Å². The summed E-state index contributed by atoms with van der Waals surface area (Å²) < 4.78 is 115. The molecule has 13 heteroatoms. The zero-order valence-electron chi connectivity index (χ0n) is 11.4. The molecule has 0 fully saturated rings. The maximum absolute atomic E-state index is 12.9. The summed E-state index contributed by atoms with van der Waals surface area (Å²) in [6.07, 6.45) is -16.7. The summed E-state index contributed by atoms with van der Waals surface area (Å²) in [5.41, 5.74) is -8.59. The molecule has 0 radical (unpaired) electrons. The van der Waals surface area contributed by atoms with Crippen molar-refractivity contribution in [2.45, 2.75) is 18.5 Å². The van der Waals surface area contributed by atoms with E-state index in [1.807, 2.05) is 0 Å². The van der Waals surface area contributed by atoms with Crippen molar-refractivity contribution in [3.63, 3.8) is 0 Å². The van der Waals surface area contributed by atoms with Crippen LogP contribution in [0.3, 0.4) is 0 Å². The third-order valence-electron chi connectivity index (χ3n) is 2.57. The molecule has 4 nitrogen and oxygen atoms in total. The van der Waals surface area contributed by atoms with E-state index in [1.165, 1.54) is 5.43 Å². The Labute approximate surface area is 132 Å². The highest BCUT2D eigenvalue weighted by molar-refractivity contribution is 6.10. The molecule has 0 aromatic heterocycles. The molecule has 0 aliphatic carbocycles. The van der Waals surface area contributed by atoms with Gasteiger partial charge >= 0.3 is 18.5 Å². The van der Waals surface area contributed by atoms with Crippen molar-refractivity contribution >= 4 is 11.4 Å². The lowest BCUT2D eigenvalue weighted by Gasteiger charge is -2.20. The van der Waals surface area contributed by atoms with Gasteiger partial charge in [0.2, 0.25) is 5.71 Å². The van der Waals surface area contributed by atoms with Crippen LogP contribution in [0.1, 0.15) is 16.7 Å². The number of hydrogen-bond acceptors (Lipinski definition) is 4. The van der Waals surface area contributed by atoms with Gasteiger partial charge < -0.3 is 0 Å². The fraction of sp³-hybridized carbons (Fsp3) is 0.250. The quantitative estimate of drug-likeness (QED) is 0.469. The van der Waals surface area contributed by atoms with Crippen molar-refractivity contribution in [1.82, 2.24) is 0 Å². The molecule has 0 saturated heterocycles. The number of nitrogens with zero attached hydrogens (tertiary/aromatic N) is 3. The number of alkyl halides is 9. The molecular formula is C12H3F9N4. The van der Waals surface area contributed by atoms with E-state index in [0.717, 1.165) is 12.1 Å². The highest BCUT2D eigenvalue weighted by Gasteiger charge is 2.45. The number of hydrazone groups is 1. The molecule has 0 spiro atoms. The van der Waals surface area contributed by atoms with Crippen LogP contribution in [0, 0.1) is 22.7 Å². The van der Waals surface area contributed by atoms with Gasteiger partial charge in [-0.1, -0.05) is 0 Å². The van der Waals surface area contributed by atoms with Crippen LogP contribution in [0.15, 0.2) is 17.2 Å². The third-order valence-corrected chi connectivity index (χ3v) is 2.57. The minimum Gasteiger partial charge on any atom is -0.275 e. The van der Waals surface area contributed by atoms with E-state index >= 15 is 0 Å². The number of benzene rings is 1. The SMILES string of the molecule is N#CC(C#N)=NNc1c(C(F)(F)F)cc(C(F)(F)F)cc1C(F)(F)F. The number of rotatable bonds is 2. The lowest BCUT2D eigenvalue weighted by molar-refractivity contribution is -0.147. The van der Waals surface area contributed by atoms with E-state index in [2.05, 4.69) is 5.10 Å². The number of halogens is 9. The first kappa shape index (κ1) is 20.1. The minimum atomic E-state index is -5.61. The summed E-state index contributed by atoms with van der Waals surface area (Å²) in [5, 5.41) is 19.5. The molecule has 0 saturated carbocycles. The monoisotopic (exact) mass is 374 g/mol. The number of nitrogens with one attached hydrogen (secondary N) is 1. The van der Waals surface area contributed by atoms with Gasteiger partial charge in [-0.15, -0.1) is 0 Å². The predicted molar refractivity (Wildman–Crippen MR) is 63.7 cm³/mol. The lowest BCUT2D eigenvalue weighted by Crippen LogP contribution is -2.19. The van der Waals surface area contributed by atoms with E-state index in [9.17, 15) is 39.5 Å². The van der Waals surface area contributed by atoms with E-state index in [0.29, 0.717) is 0 Å². The van der Waals surface area contributed by atoms with E-state index in [1.54, 1.807) is 0 Å². The molecule has 134 valence electrons. The van der Waals surface area contributed by atoms with Gasteiger partial charge in [-0.25, -0.2) is 0 Å². The fourth-order valence-electron chi connectivity index (χ4n) is 1.56. The van der Waals surface area contributed by atoms with E-state index in [4.69, 9.17) is 10.5 Å². The molecule has 1 aromatic carbocycles. The Bertz CT molecular complexity index is 721. The first-order chi connectivity index (χ1) is 11.2. The predicted octanol–water partition coefficient (Wildman–Crippen LogP) is 4.56. The molecule has 0 aliphatic heterocycles. The van der Waals surface area contributed by atoms with Crippen LogP contribution in [0.4, 0.5) is 45.2 Å². The van der Waals surface area contributed by atoms with Crippen LogP contribution in [-0.2, 0) is 18.5 Å². The first-order valence-electron chi connectivity index (χ1n) is 5.75. The van der Waals surface area contributed by atoms with Crippen LogP contribution in [0.25, 0.3) is 0 Å².